The maximum atomic E-state index is 13.4. The summed E-state index contributed by atoms with van der Waals surface area (Å²) < 4.78 is 7.18. The second-order valence-corrected chi connectivity index (χ2v) is 7.06. The standard InChI is InChI=1S/C22H23N5O3/c1-4-30-27(15(2)3)22(28)18-11-20(16-7-5-9-23-12-16)25-21-19(18)13-24-26(21)14-17-8-6-10-29-17/h5-13,15H,4,14H2,1-3H3. The number of aromatic nitrogens is 4. The molecular formula is C22H23N5O3. The minimum atomic E-state index is -0.234. The first kappa shape index (κ1) is 19.8. The van der Waals surface area contributed by atoms with Crippen LogP contribution in [0.1, 0.15) is 36.9 Å². The van der Waals surface area contributed by atoms with Crippen LogP contribution < -0.4 is 0 Å². The van der Waals surface area contributed by atoms with Gasteiger partial charge in [-0.25, -0.2) is 14.7 Å². The first-order valence-electron chi connectivity index (χ1n) is 9.84. The van der Waals surface area contributed by atoms with Gasteiger partial charge in [0.15, 0.2) is 5.65 Å². The lowest BCUT2D eigenvalue weighted by molar-refractivity contribution is -0.137. The number of rotatable bonds is 7. The summed E-state index contributed by atoms with van der Waals surface area (Å²) in [7, 11) is 0. The number of carbonyl (C=O) groups excluding carboxylic acids is 1. The van der Waals surface area contributed by atoms with Gasteiger partial charge in [-0.05, 0) is 51.1 Å². The van der Waals surface area contributed by atoms with E-state index < -0.39 is 0 Å². The highest BCUT2D eigenvalue weighted by molar-refractivity contribution is 6.06. The van der Waals surface area contributed by atoms with E-state index in [0.29, 0.717) is 35.4 Å². The molecule has 154 valence electrons. The lowest BCUT2D eigenvalue weighted by Crippen LogP contribution is -2.37. The maximum absolute atomic E-state index is 13.4. The highest BCUT2D eigenvalue weighted by atomic mass is 16.7. The number of fused-ring (bicyclic) bond motifs is 1. The summed E-state index contributed by atoms with van der Waals surface area (Å²) in [5.74, 6) is 0.515. The largest absolute Gasteiger partial charge is 0.467 e. The van der Waals surface area contributed by atoms with Crippen molar-refractivity contribution in [1.29, 1.82) is 0 Å². The zero-order valence-electron chi connectivity index (χ0n) is 17.1. The molecule has 0 N–H and O–H groups in total. The Morgan fingerprint density at radius 2 is 2.13 bits per heavy atom. The van der Waals surface area contributed by atoms with Crippen LogP contribution in [0.3, 0.4) is 0 Å². The Kier molecular flexibility index (Phi) is 5.58. The lowest BCUT2D eigenvalue weighted by atomic mass is 10.1. The summed E-state index contributed by atoms with van der Waals surface area (Å²) in [5, 5.41) is 6.52. The van der Waals surface area contributed by atoms with Crippen LogP contribution in [0.4, 0.5) is 0 Å². The SMILES string of the molecule is CCON(C(=O)c1cc(-c2cccnc2)nc2c1cnn2Cc1ccco1)C(C)C. The van der Waals surface area contributed by atoms with Gasteiger partial charge >= 0.3 is 0 Å². The second-order valence-electron chi connectivity index (χ2n) is 7.06. The third kappa shape index (κ3) is 3.81. The predicted molar refractivity (Wildman–Crippen MR) is 112 cm³/mol. The van der Waals surface area contributed by atoms with Gasteiger partial charge in [0.25, 0.3) is 5.91 Å². The van der Waals surface area contributed by atoms with Crippen LogP contribution in [-0.4, -0.2) is 43.4 Å². The number of hydrogen-bond donors (Lipinski definition) is 0. The fourth-order valence-corrected chi connectivity index (χ4v) is 3.25. The number of pyridine rings is 2. The number of hydrogen-bond acceptors (Lipinski definition) is 6. The molecule has 0 aliphatic heterocycles. The van der Waals surface area contributed by atoms with Gasteiger partial charge in [0.1, 0.15) is 12.3 Å². The van der Waals surface area contributed by atoms with Crippen LogP contribution in [0.2, 0.25) is 0 Å². The van der Waals surface area contributed by atoms with Crippen molar-refractivity contribution in [2.45, 2.75) is 33.4 Å². The molecule has 0 saturated heterocycles. The molecule has 4 rings (SSSR count). The van der Waals surface area contributed by atoms with Gasteiger partial charge in [-0.2, -0.15) is 5.10 Å². The van der Waals surface area contributed by atoms with Crippen LogP contribution in [-0.2, 0) is 11.4 Å². The molecule has 0 aliphatic carbocycles. The number of hydroxylamine groups is 2. The molecule has 4 heterocycles. The molecule has 0 aromatic carbocycles. The summed E-state index contributed by atoms with van der Waals surface area (Å²) in [4.78, 5) is 28.0. The first-order chi connectivity index (χ1) is 14.6. The monoisotopic (exact) mass is 405 g/mol. The Labute approximate surface area is 174 Å². The molecule has 0 unspecified atom stereocenters. The Balaban J connectivity index is 1.87. The van der Waals surface area contributed by atoms with Gasteiger partial charge in [0, 0.05) is 18.0 Å². The van der Waals surface area contributed by atoms with Gasteiger partial charge < -0.3 is 4.42 Å². The zero-order chi connectivity index (χ0) is 21.1. The predicted octanol–water partition coefficient (Wildman–Crippen LogP) is 3.94. The second kappa shape index (κ2) is 8.46. The van der Waals surface area contributed by atoms with E-state index in [-0.39, 0.29) is 11.9 Å². The summed E-state index contributed by atoms with van der Waals surface area (Å²) in [6.07, 6.45) is 6.70. The molecule has 0 bridgehead atoms. The molecule has 0 spiro atoms. The minimum Gasteiger partial charge on any atom is -0.467 e. The van der Waals surface area contributed by atoms with Gasteiger partial charge in [0.05, 0.1) is 41.8 Å². The van der Waals surface area contributed by atoms with Gasteiger partial charge in [-0.15, -0.1) is 0 Å². The summed E-state index contributed by atoms with van der Waals surface area (Å²) >= 11 is 0. The Bertz CT molecular complexity index is 1140. The summed E-state index contributed by atoms with van der Waals surface area (Å²) in [6, 6.07) is 9.09. The Morgan fingerprint density at radius 3 is 2.80 bits per heavy atom. The molecular weight excluding hydrogens is 382 g/mol. The quantitative estimate of drug-likeness (QED) is 0.433. The van der Waals surface area contributed by atoms with E-state index in [1.165, 1.54) is 5.06 Å². The van der Waals surface area contributed by atoms with Crippen molar-refractivity contribution in [3.63, 3.8) is 0 Å². The Hall–Kier alpha value is -3.52. The average molecular weight is 405 g/mol. The molecule has 8 heteroatoms. The fraction of sp³-hybridized carbons (Fsp3) is 0.273. The maximum Gasteiger partial charge on any atom is 0.278 e. The molecule has 0 atom stereocenters. The van der Waals surface area contributed by atoms with Crippen molar-refractivity contribution in [2.75, 3.05) is 6.61 Å². The van der Waals surface area contributed by atoms with E-state index in [0.717, 1.165) is 11.3 Å². The van der Waals surface area contributed by atoms with E-state index in [4.69, 9.17) is 14.2 Å². The summed E-state index contributed by atoms with van der Waals surface area (Å²) in [6.45, 7) is 6.48. The summed E-state index contributed by atoms with van der Waals surface area (Å²) in [5.41, 5.74) is 2.52. The van der Waals surface area contributed by atoms with Crippen LogP contribution in [0.25, 0.3) is 22.3 Å². The normalized spacial score (nSPS) is 11.3. The van der Waals surface area contributed by atoms with Crippen molar-refractivity contribution >= 4 is 16.9 Å². The topological polar surface area (TPSA) is 86.3 Å². The minimum absolute atomic E-state index is 0.124. The number of nitrogens with zero attached hydrogens (tertiary/aromatic N) is 5. The number of amides is 1. The average Bonchev–Trinajstić information content (AvgIpc) is 3.42. The molecule has 8 nitrogen and oxygen atoms in total. The molecule has 0 radical (unpaired) electrons. The van der Waals surface area contributed by atoms with Crippen LogP contribution in [0.15, 0.2) is 59.6 Å². The fourth-order valence-electron chi connectivity index (χ4n) is 3.25. The third-order valence-electron chi connectivity index (χ3n) is 4.62. The van der Waals surface area contributed by atoms with Crippen molar-refractivity contribution in [1.82, 2.24) is 24.8 Å². The molecule has 0 aliphatic rings. The number of carbonyl (C=O) groups is 1. The molecule has 0 saturated carbocycles. The lowest BCUT2D eigenvalue weighted by Gasteiger charge is -2.25. The van der Waals surface area contributed by atoms with E-state index in [1.807, 2.05) is 45.0 Å². The molecule has 30 heavy (non-hydrogen) atoms. The molecule has 4 aromatic heterocycles. The highest BCUT2D eigenvalue weighted by Crippen LogP contribution is 2.26. The van der Waals surface area contributed by atoms with Gasteiger partial charge in [0.2, 0.25) is 0 Å². The van der Waals surface area contributed by atoms with Crippen molar-refractivity contribution < 1.29 is 14.0 Å². The third-order valence-corrected chi connectivity index (χ3v) is 4.62. The smallest absolute Gasteiger partial charge is 0.278 e. The van der Waals surface area contributed by atoms with E-state index >= 15 is 0 Å². The van der Waals surface area contributed by atoms with Gasteiger partial charge in [-0.3, -0.25) is 14.6 Å². The van der Waals surface area contributed by atoms with E-state index in [1.54, 1.807) is 35.6 Å². The van der Waals surface area contributed by atoms with Crippen LogP contribution in [0.5, 0.6) is 0 Å². The molecule has 0 fully saturated rings. The van der Waals surface area contributed by atoms with Crippen molar-refractivity contribution in [2.24, 2.45) is 0 Å². The Morgan fingerprint density at radius 1 is 1.27 bits per heavy atom. The number of furan rings is 1. The van der Waals surface area contributed by atoms with Crippen LogP contribution >= 0.6 is 0 Å². The highest BCUT2D eigenvalue weighted by Gasteiger charge is 2.25. The molecule has 4 aromatic rings. The van der Waals surface area contributed by atoms with E-state index in [9.17, 15) is 4.79 Å². The van der Waals surface area contributed by atoms with Gasteiger partial charge in [-0.1, -0.05) is 0 Å². The van der Waals surface area contributed by atoms with Crippen molar-refractivity contribution in [3.05, 3.63) is 66.5 Å². The zero-order valence-corrected chi connectivity index (χ0v) is 17.1. The first-order valence-corrected chi connectivity index (χ1v) is 9.84. The molecule has 1 amide bonds. The van der Waals surface area contributed by atoms with Crippen LogP contribution in [0, 0.1) is 0 Å². The van der Waals surface area contributed by atoms with Crippen molar-refractivity contribution in [3.8, 4) is 11.3 Å². The van der Waals surface area contributed by atoms with E-state index in [2.05, 4.69) is 10.1 Å².